The summed E-state index contributed by atoms with van der Waals surface area (Å²) in [6.07, 6.45) is 0. The Balaban J connectivity index is 1.91. The van der Waals surface area contributed by atoms with E-state index in [1.54, 1.807) is 7.11 Å². The van der Waals surface area contributed by atoms with Gasteiger partial charge in [-0.25, -0.2) is 0 Å². The molecule has 0 amide bonds. The van der Waals surface area contributed by atoms with Crippen molar-refractivity contribution in [1.29, 1.82) is 0 Å². The number of hydrogen-bond acceptors (Lipinski definition) is 4. The molecule has 1 saturated heterocycles. The molecule has 1 fully saturated rings. The second-order valence-corrected chi connectivity index (χ2v) is 3.67. The summed E-state index contributed by atoms with van der Waals surface area (Å²) >= 11 is 0. The second kappa shape index (κ2) is 5.11. The van der Waals surface area contributed by atoms with Crippen molar-refractivity contribution in [3.05, 3.63) is 29.8 Å². The van der Waals surface area contributed by atoms with Crippen LogP contribution in [0.1, 0.15) is 5.56 Å². The molecule has 1 heterocycles. The first-order chi connectivity index (χ1) is 7.38. The SMILES string of the molecule is COc1ccc(CN2CNCNC2)cc1. The van der Waals surface area contributed by atoms with Gasteiger partial charge >= 0.3 is 0 Å². The number of rotatable bonds is 3. The topological polar surface area (TPSA) is 36.5 Å². The number of ether oxygens (including phenoxy) is 1. The van der Waals surface area contributed by atoms with E-state index < -0.39 is 0 Å². The molecule has 1 aliphatic heterocycles. The largest absolute Gasteiger partial charge is 0.497 e. The Morgan fingerprint density at radius 2 is 1.87 bits per heavy atom. The van der Waals surface area contributed by atoms with Crippen LogP contribution in [0.3, 0.4) is 0 Å². The number of benzene rings is 1. The maximum atomic E-state index is 5.12. The summed E-state index contributed by atoms with van der Waals surface area (Å²) < 4.78 is 5.12. The zero-order valence-electron chi connectivity index (χ0n) is 8.99. The van der Waals surface area contributed by atoms with Gasteiger partial charge in [-0.15, -0.1) is 0 Å². The molecule has 1 aliphatic rings. The maximum absolute atomic E-state index is 5.12. The van der Waals surface area contributed by atoms with Crippen molar-refractivity contribution in [1.82, 2.24) is 15.5 Å². The Hall–Kier alpha value is -1.10. The summed E-state index contributed by atoms with van der Waals surface area (Å²) in [5, 5.41) is 6.54. The molecule has 0 bridgehead atoms. The van der Waals surface area contributed by atoms with Gasteiger partial charge in [0, 0.05) is 13.2 Å². The minimum absolute atomic E-state index is 0.902. The van der Waals surface area contributed by atoms with E-state index in [2.05, 4.69) is 27.7 Å². The van der Waals surface area contributed by atoms with Crippen molar-refractivity contribution >= 4 is 0 Å². The fourth-order valence-electron chi connectivity index (χ4n) is 1.67. The average Bonchev–Trinajstić information content (AvgIpc) is 2.31. The van der Waals surface area contributed by atoms with E-state index in [0.29, 0.717) is 0 Å². The lowest BCUT2D eigenvalue weighted by molar-refractivity contribution is 0.184. The van der Waals surface area contributed by atoms with Crippen LogP contribution in [0, 0.1) is 0 Å². The lowest BCUT2D eigenvalue weighted by atomic mass is 10.2. The molecule has 0 unspecified atom stereocenters. The minimum Gasteiger partial charge on any atom is -0.497 e. The van der Waals surface area contributed by atoms with Crippen LogP contribution in [0.2, 0.25) is 0 Å². The van der Waals surface area contributed by atoms with Crippen molar-refractivity contribution < 1.29 is 4.74 Å². The monoisotopic (exact) mass is 207 g/mol. The molecule has 0 spiro atoms. The lowest BCUT2D eigenvalue weighted by Gasteiger charge is -2.28. The van der Waals surface area contributed by atoms with Gasteiger partial charge in [-0.2, -0.15) is 0 Å². The minimum atomic E-state index is 0.902. The van der Waals surface area contributed by atoms with Gasteiger partial charge in [0.25, 0.3) is 0 Å². The van der Waals surface area contributed by atoms with Crippen molar-refractivity contribution in [2.75, 3.05) is 27.1 Å². The Labute approximate surface area is 90.2 Å². The molecule has 15 heavy (non-hydrogen) atoms. The van der Waals surface area contributed by atoms with Crippen LogP contribution in [-0.4, -0.2) is 32.0 Å². The Bertz CT molecular complexity index is 293. The van der Waals surface area contributed by atoms with Crippen molar-refractivity contribution in [2.45, 2.75) is 6.54 Å². The normalized spacial score (nSPS) is 17.7. The van der Waals surface area contributed by atoms with Crippen molar-refractivity contribution in [3.63, 3.8) is 0 Å². The summed E-state index contributed by atoms with van der Waals surface area (Å²) in [6.45, 7) is 3.75. The van der Waals surface area contributed by atoms with E-state index >= 15 is 0 Å². The fraction of sp³-hybridized carbons (Fsp3) is 0.455. The number of nitrogens with one attached hydrogen (secondary N) is 2. The van der Waals surface area contributed by atoms with E-state index in [4.69, 9.17) is 4.74 Å². The van der Waals surface area contributed by atoms with E-state index in [0.717, 1.165) is 32.3 Å². The molecule has 1 aromatic carbocycles. The van der Waals surface area contributed by atoms with Crippen LogP contribution in [-0.2, 0) is 6.54 Å². The van der Waals surface area contributed by atoms with Gasteiger partial charge in [0.15, 0.2) is 0 Å². The van der Waals surface area contributed by atoms with Gasteiger partial charge in [0.1, 0.15) is 5.75 Å². The molecule has 2 rings (SSSR count). The highest BCUT2D eigenvalue weighted by Gasteiger charge is 2.08. The molecule has 0 saturated carbocycles. The number of nitrogens with zero attached hydrogens (tertiary/aromatic N) is 1. The maximum Gasteiger partial charge on any atom is 0.118 e. The van der Waals surface area contributed by atoms with Gasteiger partial charge in [-0.1, -0.05) is 12.1 Å². The summed E-state index contributed by atoms with van der Waals surface area (Å²) in [6, 6.07) is 8.21. The summed E-state index contributed by atoms with van der Waals surface area (Å²) in [7, 11) is 1.69. The molecule has 4 nitrogen and oxygen atoms in total. The quantitative estimate of drug-likeness (QED) is 0.759. The third-order valence-corrected chi connectivity index (χ3v) is 2.49. The average molecular weight is 207 g/mol. The molecule has 0 aliphatic carbocycles. The zero-order valence-corrected chi connectivity index (χ0v) is 8.99. The Kier molecular flexibility index (Phi) is 3.55. The standard InChI is InChI=1S/C11H17N3O/c1-15-11-4-2-10(3-5-11)6-14-8-12-7-13-9-14/h2-5,12-13H,6-9H2,1H3. The van der Waals surface area contributed by atoms with Gasteiger partial charge in [0.05, 0.1) is 20.4 Å². The molecule has 0 atom stereocenters. The molecule has 2 N–H and O–H groups in total. The first-order valence-electron chi connectivity index (χ1n) is 5.15. The van der Waals surface area contributed by atoms with Crippen molar-refractivity contribution in [3.8, 4) is 5.75 Å². The van der Waals surface area contributed by atoms with E-state index in [-0.39, 0.29) is 0 Å². The van der Waals surface area contributed by atoms with Crippen LogP contribution in [0.5, 0.6) is 5.75 Å². The predicted molar refractivity (Wildman–Crippen MR) is 59.4 cm³/mol. The molecule has 1 aromatic rings. The molecule has 0 aromatic heterocycles. The van der Waals surface area contributed by atoms with Crippen LogP contribution >= 0.6 is 0 Å². The highest BCUT2D eigenvalue weighted by atomic mass is 16.5. The third-order valence-electron chi connectivity index (χ3n) is 2.49. The highest BCUT2D eigenvalue weighted by Crippen LogP contribution is 2.12. The van der Waals surface area contributed by atoms with Crippen LogP contribution in [0.15, 0.2) is 24.3 Å². The second-order valence-electron chi connectivity index (χ2n) is 3.67. The van der Waals surface area contributed by atoms with Crippen LogP contribution < -0.4 is 15.4 Å². The summed E-state index contributed by atoms with van der Waals surface area (Å²) in [4.78, 5) is 2.31. The summed E-state index contributed by atoms with van der Waals surface area (Å²) in [5.74, 6) is 0.911. The Morgan fingerprint density at radius 1 is 1.20 bits per heavy atom. The van der Waals surface area contributed by atoms with Gasteiger partial charge in [-0.05, 0) is 17.7 Å². The van der Waals surface area contributed by atoms with E-state index in [1.807, 2.05) is 12.1 Å². The molecule has 82 valence electrons. The first kappa shape index (κ1) is 10.4. The third kappa shape index (κ3) is 2.92. The lowest BCUT2D eigenvalue weighted by Crippen LogP contribution is -2.50. The van der Waals surface area contributed by atoms with E-state index in [9.17, 15) is 0 Å². The molecular weight excluding hydrogens is 190 g/mol. The number of hydrogen-bond donors (Lipinski definition) is 2. The van der Waals surface area contributed by atoms with E-state index in [1.165, 1.54) is 5.56 Å². The van der Waals surface area contributed by atoms with Crippen LogP contribution in [0.4, 0.5) is 0 Å². The smallest absolute Gasteiger partial charge is 0.118 e. The molecular formula is C11H17N3O. The highest BCUT2D eigenvalue weighted by molar-refractivity contribution is 5.27. The fourth-order valence-corrected chi connectivity index (χ4v) is 1.67. The van der Waals surface area contributed by atoms with Gasteiger partial charge in [-0.3, -0.25) is 15.5 Å². The predicted octanol–water partition coefficient (Wildman–Crippen LogP) is 0.562. The van der Waals surface area contributed by atoms with Gasteiger partial charge in [0.2, 0.25) is 0 Å². The molecule has 4 heteroatoms. The Morgan fingerprint density at radius 3 is 2.47 bits per heavy atom. The number of methoxy groups -OCH3 is 1. The van der Waals surface area contributed by atoms with Gasteiger partial charge < -0.3 is 4.74 Å². The summed E-state index contributed by atoms with van der Waals surface area (Å²) in [5.41, 5.74) is 1.31. The van der Waals surface area contributed by atoms with Crippen molar-refractivity contribution in [2.24, 2.45) is 0 Å². The zero-order chi connectivity index (χ0) is 10.5. The molecule has 0 radical (unpaired) electrons. The first-order valence-corrected chi connectivity index (χ1v) is 5.15. The van der Waals surface area contributed by atoms with Crippen LogP contribution in [0.25, 0.3) is 0 Å².